The Labute approximate surface area is 114 Å². The number of anilines is 1. The van der Waals surface area contributed by atoms with Crippen molar-refractivity contribution in [2.24, 2.45) is 7.05 Å². The number of carbonyl (C=O) groups excluding carboxylic acids is 1. The first kappa shape index (κ1) is 13.9. The predicted octanol–water partition coefficient (Wildman–Crippen LogP) is 0.341. The quantitative estimate of drug-likeness (QED) is 0.856. The summed E-state index contributed by atoms with van der Waals surface area (Å²) in [5, 5.41) is 4.31. The van der Waals surface area contributed by atoms with Crippen molar-refractivity contribution in [2.45, 2.75) is 25.8 Å². The first-order valence-corrected chi connectivity index (χ1v) is 6.72. The largest absolute Gasteiger partial charge is 0.395 e. The van der Waals surface area contributed by atoms with Crippen LogP contribution < -0.4 is 5.73 Å². The fraction of sp³-hybridized carbons (Fsp3) is 0.692. The molecular formula is C13H23N5O. The van der Waals surface area contributed by atoms with Crippen LogP contribution in [0.4, 0.5) is 5.69 Å². The molecule has 1 fully saturated rings. The van der Waals surface area contributed by atoms with Gasteiger partial charge in [-0.1, -0.05) is 6.92 Å². The van der Waals surface area contributed by atoms with Gasteiger partial charge in [0.1, 0.15) is 5.69 Å². The lowest BCUT2D eigenvalue weighted by atomic mass is 10.2. The maximum atomic E-state index is 12.6. The molecule has 6 nitrogen and oxygen atoms in total. The molecule has 1 aliphatic heterocycles. The lowest BCUT2D eigenvalue weighted by Gasteiger charge is -2.20. The van der Waals surface area contributed by atoms with Gasteiger partial charge < -0.3 is 15.5 Å². The summed E-state index contributed by atoms with van der Waals surface area (Å²) in [7, 11) is 5.88. The van der Waals surface area contributed by atoms with Crippen LogP contribution in [-0.2, 0) is 13.5 Å². The fourth-order valence-electron chi connectivity index (χ4n) is 2.61. The van der Waals surface area contributed by atoms with Crippen molar-refractivity contribution in [3.05, 3.63) is 11.4 Å². The number of carbonyl (C=O) groups is 1. The topological polar surface area (TPSA) is 67.4 Å². The number of nitrogens with zero attached hydrogens (tertiary/aromatic N) is 4. The van der Waals surface area contributed by atoms with Crippen LogP contribution in [0.25, 0.3) is 0 Å². The maximum Gasteiger partial charge on any atom is 0.274 e. The van der Waals surface area contributed by atoms with Crippen LogP contribution in [0.2, 0.25) is 0 Å². The van der Waals surface area contributed by atoms with Gasteiger partial charge in [0, 0.05) is 26.2 Å². The van der Waals surface area contributed by atoms with E-state index < -0.39 is 0 Å². The Hall–Kier alpha value is -1.56. The molecule has 106 valence electrons. The Kier molecular flexibility index (Phi) is 3.80. The molecule has 2 rings (SSSR count). The van der Waals surface area contributed by atoms with E-state index in [0.717, 1.165) is 31.6 Å². The molecule has 1 unspecified atom stereocenters. The van der Waals surface area contributed by atoms with Crippen molar-refractivity contribution in [1.29, 1.82) is 0 Å². The molecule has 6 heteroatoms. The van der Waals surface area contributed by atoms with Crippen LogP contribution in [0.1, 0.15) is 29.5 Å². The van der Waals surface area contributed by atoms with Gasteiger partial charge in [0.15, 0.2) is 0 Å². The number of nitrogens with two attached hydrogens (primary N) is 1. The van der Waals surface area contributed by atoms with Crippen molar-refractivity contribution >= 4 is 11.6 Å². The Balaban J connectivity index is 2.19. The summed E-state index contributed by atoms with van der Waals surface area (Å²) in [5.41, 5.74) is 7.89. The maximum absolute atomic E-state index is 12.6. The lowest BCUT2D eigenvalue weighted by molar-refractivity contribution is 0.0773. The zero-order chi connectivity index (χ0) is 14.2. The van der Waals surface area contributed by atoms with Crippen molar-refractivity contribution in [3.63, 3.8) is 0 Å². The number of aromatic nitrogens is 2. The van der Waals surface area contributed by atoms with E-state index in [-0.39, 0.29) is 5.91 Å². The van der Waals surface area contributed by atoms with Crippen LogP contribution >= 0.6 is 0 Å². The lowest BCUT2D eigenvalue weighted by Crippen LogP contribution is -2.35. The second kappa shape index (κ2) is 5.21. The highest BCUT2D eigenvalue weighted by Gasteiger charge is 2.31. The second-order valence-electron chi connectivity index (χ2n) is 5.34. The third-order valence-electron chi connectivity index (χ3n) is 3.88. The molecule has 0 spiro atoms. The van der Waals surface area contributed by atoms with Crippen LogP contribution in [-0.4, -0.2) is 58.7 Å². The Morgan fingerprint density at radius 2 is 2.21 bits per heavy atom. The molecule has 2 N–H and O–H groups in total. The fourth-order valence-corrected chi connectivity index (χ4v) is 2.61. The minimum absolute atomic E-state index is 0.00319. The second-order valence-corrected chi connectivity index (χ2v) is 5.34. The number of nitrogen functional groups attached to an aromatic ring is 1. The smallest absolute Gasteiger partial charge is 0.274 e. The minimum Gasteiger partial charge on any atom is -0.395 e. The predicted molar refractivity (Wildman–Crippen MR) is 75.0 cm³/mol. The van der Waals surface area contributed by atoms with E-state index in [0.29, 0.717) is 17.4 Å². The molecule has 1 aromatic heterocycles. The molecule has 1 aromatic rings. The summed E-state index contributed by atoms with van der Waals surface area (Å²) in [5.74, 6) is -0.00319. The number of hydrogen-bond donors (Lipinski definition) is 1. The monoisotopic (exact) mass is 265 g/mol. The molecule has 2 heterocycles. The number of likely N-dealkylation sites (tertiary alicyclic amines) is 1. The van der Waals surface area contributed by atoms with Gasteiger partial charge >= 0.3 is 0 Å². The van der Waals surface area contributed by atoms with Gasteiger partial charge in [-0.2, -0.15) is 5.10 Å². The van der Waals surface area contributed by atoms with Crippen molar-refractivity contribution in [1.82, 2.24) is 19.6 Å². The average Bonchev–Trinajstić information content (AvgIpc) is 2.94. The number of amides is 1. The third-order valence-corrected chi connectivity index (χ3v) is 3.88. The van der Waals surface area contributed by atoms with Gasteiger partial charge in [0.2, 0.25) is 0 Å². The zero-order valence-electron chi connectivity index (χ0n) is 12.2. The minimum atomic E-state index is -0.00319. The highest BCUT2D eigenvalue weighted by atomic mass is 16.2. The molecule has 0 saturated carbocycles. The van der Waals surface area contributed by atoms with Gasteiger partial charge in [-0.15, -0.1) is 0 Å². The normalized spacial score (nSPS) is 19.4. The first-order valence-electron chi connectivity index (χ1n) is 6.72. The van der Waals surface area contributed by atoms with Crippen LogP contribution in [0.15, 0.2) is 0 Å². The third kappa shape index (κ3) is 2.45. The average molecular weight is 265 g/mol. The van der Waals surface area contributed by atoms with Crippen LogP contribution in [0.3, 0.4) is 0 Å². The highest BCUT2D eigenvalue weighted by molar-refractivity contribution is 5.98. The molecular weight excluding hydrogens is 242 g/mol. The Morgan fingerprint density at radius 3 is 2.68 bits per heavy atom. The Bertz CT molecular complexity index is 480. The summed E-state index contributed by atoms with van der Waals surface area (Å²) in [6.45, 7) is 3.54. The van der Waals surface area contributed by atoms with E-state index in [4.69, 9.17) is 5.73 Å². The molecule has 1 aliphatic rings. The molecule has 0 aromatic carbocycles. The van der Waals surface area contributed by atoms with E-state index in [9.17, 15) is 4.79 Å². The summed E-state index contributed by atoms with van der Waals surface area (Å²) in [6, 6.07) is 0.434. The van der Waals surface area contributed by atoms with Crippen molar-refractivity contribution in [3.8, 4) is 0 Å². The van der Waals surface area contributed by atoms with Gasteiger partial charge in [-0.05, 0) is 26.9 Å². The Morgan fingerprint density at radius 1 is 1.53 bits per heavy atom. The molecule has 0 radical (unpaired) electrons. The van der Waals surface area contributed by atoms with E-state index in [2.05, 4.69) is 10.00 Å². The van der Waals surface area contributed by atoms with E-state index in [1.807, 2.05) is 25.9 Å². The molecule has 19 heavy (non-hydrogen) atoms. The summed E-state index contributed by atoms with van der Waals surface area (Å²) >= 11 is 0. The SMILES string of the molecule is CCc1nn(C)c(C(=O)N2CCC(N(C)C)C2)c1N. The van der Waals surface area contributed by atoms with Gasteiger partial charge in [-0.25, -0.2) is 0 Å². The van der Waals surface area contributed by atoms with Crippen molar-refractivity contribution in [2.75, 3.05) is 32.9 Å². The van der Waals surface area contributed by atoms with Gasteiger partial charge in [-0.3, -0.25) is 9.48 Å². The molecule has 1 amide bonds. The first-order chi connectivity index (χ1) is 8.95. The number of aryl methyl sites for hydroxylation is 2. The molecule has 1 atom stereocenters. The summed E-state index contributed by atoms with van der Waals surface area (Å²) in [4.78, 5) is 16.6. The van der Waals surface area contributed by atoms with Crippen molar-refractivity contribution < 1.29 is 4.79 Å². The molecule has 1 saturated heterocycles. The standard InChI is InChI=1S/C13H23N5O/c1-5-10-11(14)12(17(4)15-10)13(19)18-7-6-9(8-18)16(2)3/h9H,5-8,14H2,1-4H3. The summed E-state index contributed by atoms with van der Waals surface area (Å²) in [6.07, 6.45) is 1.75. The number of rotatable bonds is 3. The zero-order valence-corrected chi connectivity index (χ0v) is 12.2. The molecule has 0 bridgehead atoms. The van der Waals surface area contributed by atoms with E-state index in [1.54, 1.807) is 11.7 Å². The van der Waals surface area contributed by atoms with E-state index in [1.165, 1.54) is 0 Å². The van der Waals surface area contributed by atoms with Crippen LogP contribution in [0.5, 0.6) is 0 Å². The molecule has 0 aliphatic carbocycles. The van der Waals surface area contributed by atoms with Crippen LogP contribution in [0, 0.1) is 0 Å². The van der Waals surface area contributed by atoms with E-state index >= 15 is 0 Å². The summed E-state index contributed by atoms with van der Waals surface area (Å²) < 4.78 is 1.61. The van der Waals surface area contributed by atoms with Gasteiger partial charge in [0.25, 0.3) is 5.91 Å². The number of hydrogen-bond acceptors (Lipinski definition) is 4. The van der Waals surface area contributed by atoms with Gasteiger partial charge in [0.05, 0.1) is 11.4 Å². The number of likely N-dealkylation sites (N-methyl/N-ethyl adjacent to an activating group) is 1. The highest BCUT2D eigenvalue weighted by Crippen LogP contribution is 2.22.